The summed E-state index contributed by atoms with van der Waals surface area (Å²) in [5.41, 5.74) is 2.01. The van der Waals surface area contributed by atoms with Gasteiger partial charge in [-0.05, 0) is 48.7 Å². The van der Waals surface area contributed by atoms with Gasteiger partial charge in [0.25, 0.3) is 0 Å². The topological polar surface area (TPSA) is 53.6 Å². The van der Waals surface area contributed by atoms with Gasteiger partial charge in [-0.1, -0.05) is 18.2 Å². The zero-order valence-corrected chi connectivity index (χ0v) is 13.9. The minimum atomic E-state index is -0.168. The first-order valence-electron chi connectivity index (χ1n) is 8.23. The van der Waals surface area contributed by atoms with E-state index in [-0.39, 0.29) is 6.03 Å². The largest absolute Gasteiger partial charge is 0.497 e. The minimum absolute atomic E-state index is 0.168. The van der Waals surface area contributed by atoms with Crippen LogP contribution in [0.25, 0.3) is 0 Å². The molecule has 0 saturated carbocycles. The Bertz CT molecular complexity index is 658. The molecule has 1 aliphatic rings. The molecule has 0 radical (unpaired) electrons. The Morgan fingerprint density at radius 2 is 1.92 bits per heavy atom. The Morgan fingerprint density at radius 3 is 2.62 bits per heavy atom. The fraction of sp³-hybridized carbons (Fsp3) is 0.316. The zero-order chi connectivity index (χ0) is 16.8. The van der Waals surface area contributed by atoms with Gasteiger partial charge in [0.05, 0.1) is 7.11 Å². The van der Waals surface area contributed by atoms with Crippen LogP contribution in [0.15, 0.2) is 54.6 Å². The van der Waals surface area contributed by atoms with E-state index in [0.717, 1.165) is 30.9 Å². The Balaban J connectivity index is 1.43. The molecular formula is C19H23N3O2. The second-order valence-corrected chi connectivity index (χ2v) is 6.00. The van der Waals surface area contributed by atoms with Crippen LogP contribution in [0.4, 0.5) is 16.2 Å². The first-order chi connectivity index (χ1) is 11.7. The van der Waals surface area contributed by atoms with Gasteiger partial charge in [0.2, 0.25) is 0 Å². The lowest BCUT2D eigenvalue weighted by atomic mass is 10.1. The molecular weight excluding hydrogens is 302 g/mol. The number of anilines is 2. The van der Waals surface area contributed by atoms with Gasteiger partial charge in [0.1, 0.15) is 5.75 Å². The summed E-state index contributed by atoms with van der Waals surface area (Å²) in [5.74, 6) is 1.25. The van der Waals surface area contributed by atoms with Gasteiger partial charge in [0.15, 0.2) is 0 Å². The number of urea groups is 1. The molecule has 5 nitrogen and oxygen atoms in total. The highest BCUT2D eigenvalue weighted by Gasteiger charge is 2.22. The molecule has 126 valence electrons. The first kappa shape index (κ1) is 16.2. The summed E-state index contributed by atoms with van der Waals surface area (Å²) < 4.78 is 5.10. The molecule has 24 heavy (non-hydrogen) atoms. The summed E-state index contributed by atoms with van der Waals surface area (Å²) in [5, 5.41) is 5.81. The summed E-state index contributed by atoms with van der Waals surface area (Å²) in [4.78, 5) is 14.4. The predicted molar refractivity (Wildman–Crippen MR) is 96.8 cm³/mol. The average Bonchev–Trinajstić information content (AvgIpc) is 3.10. The second-order valence-electron chi connectivity index (χ2n) is 6.00. The van der Waals surface area contributed by atoms with Crippen molar-refractivity contribution in [2.75, 3.05) is 37.0 Å². The number of carbonyl (C=O) groups excluding carboxylic acids is 1. The Kier molecular flexibility index (Phi) is 5.21. The van der Waals surface area contributed by atoms with Crippen molar-refractivity contribution in [1.29, 1.82) is 0 Å². The van der Waals surface area contributed by atoms with Crippen LogP contribution in [0.1, 0.15) is 6.42 Å². The monoisotopic (exact) mass is 325 g/mol. The normalized spacial score (nSPS) is 16.7. The van der Waals surface area contributed by atoms with Gasteiger partial charge in [-0.3, -0.25) is 0 Å². The minimum Gasteiger partial charge on any atom is -0.497 e. The van der Waals surface area contributed by atoms with E-state index < -0.39 is 0 Å². The molecule has 1 saturated heterocycles. The second kappa shape index (κ2) is 7.73. The quantitative estimate of drug-likeness (QED) is 0.886. The maximum absolute atomic E-state index is 12.0. The number of rotatable bonds is 5. The molecule has 2 aromatic carbocycles. The molecule has 0 spiro atoms. The SMILES string of the molecule is COc1ccc(NC(=O)NCC2CCN(c3ccccc3)C2)cc1. The molecule has 1 aliphatic heterocycles. The molecule has 5 heteroatoms. The fourth-order valence-electron chi connectivity index (χ4n) is 2.96. The summed E-state index contributed by atoms with van der Waals surface area (Å²) in [6, 6.07) is 17.5. The third-order valence-corrected chi connectivity index (χ3v) is 4.31. The molecule has 1 heterocycles. The third-order valence-electron chi connectivity index (χ3n) is 4.31. The molecule has 2 aromatic rings. The van der Waals surface area contributed by atoms with Gasteiger partial charge >= 0.3 is 6.03 Å². The van der Waals surface area contributed by atoms with Crippen LogP contribution in [0.3, 0.4) is 0 Å². The highest BCUT2D eigenvalue weighted by molar-refractivity contribution is 5.89. The molecule has 2 N–H and O–H groups in total. The smallest absolute Gasteiger partial charge is 0.319 e. The lowest BCUT2D eigenvalue weighted by Gasteiger charge is -2.18. The van der Waals surface area contributed by atoms with Gasteiger partial charge < -0.3 is 20.3 Å². The van der Waals surface area contributed by atoms with E-state index in [4.69, 9.17) is 4.74 Å². The molecule has 1 atom stereocenters. The zero-order valence-electron chi connectivity index (χ0n) is 13.9. The number of nitrogens with one attached hydrogen (secondary N) is 2. The van der Waals surface area contributed by atoms with E-state index in [0.29, 0.717) is 12.5 Å². The van der Waals surface area contributed by atoms with Crippen LogP contribution in [0.2, 0.25) is 0 Å². The number of nitrogens with zero attached hydrogens (tertiary/aromatic N) is 1. The summed E-state index contributed by atoms with van der Waals surface area (Å²) in [6.45, 7) is 2.70. The van der Waals surface area contributed by atoms with E-state index in [1.54, 1.807) is 7.11 Å². The van der Waals surface area contributed by atoms with Crippen LogP contribution in [-0.4, -0.2) is 32.8 Å². The number of amides is 2. The molecule has 0 bridgehead atoms. The van der Waals surface area contributed by atoms with Gasteiger partial charge in [-0.25, -0.2) is 4.79 Å². The standard InChI is InChI=1S/C19H23N3O2/c1-24-18-9-7-16(8-10-18)21-19(23)20-13-15-11-12-22(14-15)17-5-3-2-4-6-17/h2-10,15H,11-14H2,1H3,(H2,20,21,23). The summed E-state index contributed by atoms with van der Waals surface area (Å²) in [6.07, 6.45) is 1.09. The van der Waals surface area contributed by atoms with Crippen molar-refractivity contribution < 1.29 is 9.53 Å². The van der Waals surface area contributed by atoms with Crippen molar-refractivity contribution in [2.45, 2.75) is 6.42 Å². The van der Waals surface area contributed by atoms with Crippen molar-refractivity contribution in [1.82, 2.24) is 5.32 Å². The molecule has 1 unspecified atom stereocenters. The van der Waals surface area contributed by atoms with Crippen molar-refractivity contribution >= 4 is 17.4 Å². The van der Waals surface area contributed by atoms with E-state index in [2.05, 4.69) is 39.8 Å². The fourth-order valence-corrected chi connectivity index (χ4v) is 2.96. The van der Waals surface area contributed by atoms with Crippen LogP contribution >= 0.6 is 0 Å². The van der Waals surface area contributed by atoms with Gasteiger partial charge in [0, 0.05) is 31.0 Å². The summed E-state index contributed by atoms with van der Waals surface area (Å²) in [7, 11) is 1.62. The third kappa shape index (κ3) is 4.19. The number of ether oxygens (including phenoxy) is 1. The average molecular weight is 325 g/mol. The maximum Gasteiger partial charge on any atom is 0.319 e. The number of hydrogen-bond donors (Lipinski definition) is 2. The van der Waals surface area contributed by atoms with Crippen molar-refractivity contribution in [3.8, 4) is 5.75 Å². The predicted octanol–water partition coefficient (Wildman–Crippen LogP) is 3.34. The highest BCUT2D eigenvalue weighted by Crippen LogP contribution is 2.23. The Morgan fingerprint density at radius 1 is 1.17 bits per heavy atom. The van der Waals surface area contributed by atoms with Crippen LogP contribution < -0.4 is 20.3 Å². The van der Waals surface area contributed by atoms with Crippen LogP contribution in [0.5, 0.6) is 5.75 Å². The van der Waals surface area contributed by atoms with Crippen molar-refractivity contribution in [2.24, 2.45) is 5.92 Å². The van der Waals surface area contributed by atoms with Crippen molar-refractivity contribution in [3.63, 3.8) is 0 Å². The lowest BCUT2D eigenvalue weighted by Crippen LogP contribution is -2.34. The van der Waals surface area contributed by atoms with Gasteiger partial charge in [-0.2, -0.15) is 0 Å². The molecule has 0 aromatic heterocycles. The number of benzene rings is 2. The number of hydrogen-bond acceptors (Lipinski definition) is 3. The number of para-hydroxylation sites is 1. The molecule has 2 amide bonds. The first-order valence-corrected chi connectivity index (χ1v) is 8.23. The summed E-state index contributed by atoms with van der Waals surface area (Å²) >= 11 is 0. The van der Waals surface area contributed by atoms with E-state index in [1.807, 2.05) is 30.3 Å². The Labute approximate surface area is 142 Å². The van der Waals surface area contributed by atoms with Crippen LogP contribution in [0, 0.1) is 5.92 Å². The number of carbonyl (C=O) groups is 1. The molecule has 1 fully saturated rings. The van der Waals surface area contributed by atoms with Gasteiger partial charge in [-0.15, -0.1) is 0 Å². The molecule has 3 rings (SSSR count). The molecule has 0 aliphatic carbocycles. The van der Waals surface area contributed by atoms with Crippen molar-refractivity contribution in [3.05, 3.63) is 54.6 Å². The lowest BCUT2D eigenvalue weighted by molar-refractivity contribution is 0.250. The van der Waals surface area contributed by atoms with E-state index in [1.165, 1.54) is 5.69 Å². The van der Waals surface area contributed by atoms with E-state index >= 15 is 0 Å². The highest BCUT2D eigenvalue weighted by atomic mass is 16.5. The van der Waals surface area contributed by atoms with E-state index in [9.17, 15) is 4.79 Å². The van der Waals surface area contributed by atoms with Crippen LogP contribution in [-0.2, 0) is 0 Å². The maximum atomic E-state index is 12.0. The number of methoxy groups -OCH3 is 1. The Hall–Kier alpha value is -2.69.